The van der Waals surface area contributed by atoms with Gasteiger partial charge in [0.2, 0.25) is 0 Å². The molecule has 1 heterocycles. The van der Waals surface area contributed by atoms with Gasteiger partial charge in [0, 0.05) is 30.5 Å². The minimum atomic E-state index is -0.405. The molecule has 0 saturated heterocycles. The quantitative estimate of drug-likeness (QED) is 0.311. The highest BCUT2D eigenvalue weighted by atomic mass is 32.2. The van der Waals surface area contributed by atoms with E-state index in [1.165, 1.54) is 34.4 Å². The summed E-state index contributed by atoms with van der Waals surface area (Å²) in [5.41, 5.74) is 6.25. The van der Waals surface area contributed by atoms with Crippen LogP contribution in [0.5, 0.6) is 0 Å². The van der Waals surface area contributed by atoms with E-state index in [4.69, 9.17) is 0 Å². The zero-order valence-corrected chi connectivity index (χ0v) is 18.5. The summed E-state index contributed by atoms with van der Waals surface area (Å²) in [6.45, 7) is 11.0. The molecule has 0 amide bonds. The van der Waals surface area contributed by atoms with Gasteiger partial charge in [0.1, 0.15) is 0 Å². The van der Waals surface area contributed by atoms with Crippen molar-refractivity contribution >= 4 is 17.4 Å². The van der Waals surface area contributed by atoms with Crippen LogP contribution >= 0.6 is 11.8 Å². The van der Waals surface area contributed by atoms with Gasteiger partial charge in [0.25, 0.3) is 5.69 Å². The molecule has 0 N–H and O–H groups in total. The van der Waals surface area contributed by atoms with Crippen LogP contribution in [0.2, 0.25) is 0 Å². The van der Waals surface area contributed by atoms with E-state index >= 15 is 0 Å². The average molecular weight is 411 g/mol. The Labute approximate surface area is 175 Å². The highest BCUT2D eigenvalue weighted by Crippen LogP contribution is 2.31. The lowest BCUT2D eigenvalue weighted by molar-refractivity contribution is -0.384. The van der Waals surface area contributed by atoms with Gasteiger partial charge in [0.15, 0.2) is 11.0 Å². The van der Waals surface area contributed by atoms with Crippen LogP contribution < -0.4 is 0 Å². The van der Waals surface area contributed by atoms with E-state index in [-0.39, 0.29) is 11.1 Å². The van der Waals surface area contributed by atoms with Gasteiger partial charge in [-0.1, -0.05) is 44.7 Å². The smallest absolute Gasteiger partial charge is 0.269 e. The monoisotopic (exact) mass is 410 g/mol. The van der Waals surface area contributed by atoms with Crippen molar-refractivity contribution in [1.82, 2.24) is 14.8 Å². The molecule has 0 radical (unpaired) electrons. The lowest BCUT2D eigenvalue weighted by atomic mass is 9.84. The van der Waals surface area contributed by atoms with Crippen molar-refractivity contribution in [1.29, 1.82) is 0 Å². The molecule has 7 heteroatoms. The van der Waals surface area contributed by atoms with Crippen molar-refractivity contribution in [2.24, 2.45) is 7.05 Å². The third-order valence-corrected chi connectivity index (χ3v) is 6.13. The number of thioether (sulfide) groups is 1. The summed E-state index contributed by atoms with van der Waals surface area (Å²) in [4.78, 5) is 10.4. The molecule has 0 bridgehead atoms. The Balaban J connectivity index is 1.80. The molecule has 6 nitrogen and oxygen atoms in total. The van der Waals surface area contributed by atoms with Crippen molar-refractivity contribution in [3.05, 3.63) is 68.8 Å². The van der Waals surface area contributed by atoms with Gasteiger partial charge in [-0.05, 0) is 53.6 Å². The molecule has 29 heavy (non-hydrogen) atoms. The first-order chi connectivity index (χ1) is 13.6. The number of hydrogen-bond acceptors (Lipinski definition) is 5. The molecule has 3 aromatic rings. The van der Waals surface area contributed by atoms with Crippen LogP contribution in [0.15, 0.2) is 41.6 Å². The Hall–Kier alpha value is -2.67. The molecule has 0 unspecified atom stereocenters. The highest BCUT2D eigenvalue weighted by molar-refractivity contribution is 7.98. The molecule has 152 valence electrons. The van der Waals surface area contributed by atoms with Gasteiger partial charge < -0.3 is 4.57 Å². The van der Waals surface area contributed by atoms with E-state index in [0.717, 1.165) is 16.5 Å². The number of aromatic nitrogens is 3. The molecule has 0 aliphatic carbocycles. The first-order valence-corrected chi connectivity index (χ1v) is 10.4. The summed E-state index contributed by atoms with van der Waals surface area (Å²) in [5, 5.41) is 20.3. The minimum absolute atomic E-state index is 0.0650. The molecule has 3 rings (SSSR count). The normalized spacial score (nSPS) is 11.7. The number of nitrogens with zero attached hydrogens (tertiary/aromatic N) is 4. The van der Waals surface area contributed by atoms with Gasteiger partial charge in [-0.2, -0.15) is 0 Å². The Morgan fingerprint density at radius 1 is 1.07 bits per heavy atom. The Morgan fingerprint density at radius 3 is 2.17 bits per heavy atom. The molecule has 1 aromatic heterocycles. The summed E-state index contributed by atoms with van der Waals surface area (Å²) in [5.74, 6) is 1.51. The number of hydrogen-bond donors (Lipinski definition) is 0. The third kappa shape index (κ3) is 4.50. The maximum atomic E-state index is 10.8. The Kier molecular flexibility index (Phi) is 5.80. The largest absolute Gasteiger partial charge is 0.305 e. The van der Waals surface area contributed by atoms with Crippen LogP contribution in [0, 0.1) is 24.0 Å². The second-order valence-corrected chi connectivity index (χ2v) is 9.24. The molecule has 0 aliphatic heterocycles. The second kappa shape index (κ2) is 7.99. The minimum Gasteiger partial charge on any atom is -0.305 e. The van der Waals surface area contributed by atoms with Crippen LogP contribution in [-0.4, -0.2) is 19.7 Å². The summed E-state index contributed by atoms with van der Waals surface area (Å²) in [6.07, 6.45) is 0. The standard InChI is InChI=1S/C22H26N4O2S/c1-14-11-17(22(3,4)5)12-15(2)19(14)13-29-21-24-23-20(25(21)6)16-7-9-18(10-8-16)26(27)28/h7-12H,13H2,1-6H3. The van der Waals surface area contributed by atoms with E-state index in [1.807, 2.05) is 11.6 Å². The molecule has 0 atom stereocenters. The SMILES string of the molecule is Cc1cc(C(C)(C)C)cc(C)c1CSc1nnc(-c2ccc([N+](=O)[O-])cc2)n1C. The zero-order chi connectivity index (χ0) is 21.3. The predicted molar refractivity (Wildman–Crippen MR) is 117 cm³/mol. The molecule has 0 fully saturated rings. The highest BCUT2D eigenvalue weighted by Gasteiger charge is 2.18. The van der Waals surface area contributed by atoms with Crippen molar-refractivity contribution in [3.8, 4) is 11.4 Å². The van der Waals surface area contributed by atoms with E-state index in [0.29, 0.717) is 5.82 Å². The van der Waals surface area contributed by atoms with Gasteiger partial charge in [0.05, 0.1) is 4.92 Å². The summed E-state index contributed by atoms with van der Waals surface area (Å²) < 4.78 is 1.93. The number of non-ortho nitro benzene ring substituents is 1. The van der Waals surface area contributed by atoms with Crippen molar-refractivity contribution in [2.75, 3.05) is 0 Å². The fourth-order valence-electron chi connectivity index (χ4n) is 3.21. The summed E-state index contributed by atoms with van der Waals surface area (Å²) >= 11 is 1.65. The number of nitro groups is 1. The predicted octanol–water partition coefficient (Wildman–Crippen LogP) is 5.60. The zero-order valence-electron chi connectivity index (χ0n) is 17.7. The molecule has 2 aromatic carbocycles. The van der Waals surface area contributed by atoms with Crippen LogP contribution in [0.4, 0.5) is 5.69 Å². The average Bonchev–Trinajstić information content (AvgIpc) is 3.01. The van der Waals surface area contributed by atoms with Gasteiger partial charge in [-0.3, -0.25) is 10.1 Å². The Morgan fingerprint density at radius 2 is 1.66 bits per heavy atom. The maximum Gasteiger partial charge on any atom is 0.269 e. The number of nitro benzene ring substituents is 1. The summed E-state index contributed by atoms with van der Waals surface area (Å²) in [6, 6.07) is 10.9. The first kappa shape index (κ1) is 21.0. The number of rotatable bonds is 5. The lowest BCUT2D eigenvalue weighted by Gasteiger charge is -2.22. The van der Waals surface area contributed by atoms with E-state index < -0.39 is 4.92 Å². The van der Waals surface area contributed by atoms with Gasteiger partial charge in [-0.15, -0.1) is 10.2 Å². The fraction of sp³-hybridized carbons (Fsp3) is 0.364. The van der Waals surface area contributed by atoms with Crippen molar-refractivity contribution in [2.45, 2.75) is 50.9 Å². The van der Waals surface area contributed by atoms with Crippen LogP contribution in [0.25, 0.3) is 11.4 Å². The fourth-order valence-corrected chi connectivity index (χ4v) is 4.32. The first-order valence-electron chi connectivity index (χ1n) is 9.45. The van der Waals surface area contributed by atoms with Gasteiger partial charge in [-0.25, -0.2) is 0 Å². The van der Waals surface area contributed by atoms with E-state index in [9.17, 15) is 10.1 Å². The van der Waals surface area contributed by atoms with Gasteiger partial charge >= 0.3 is 0 Å². The van der Waals surface area contributed by atoms with E-state index in [1.54, 1.807) is 23.9 Å². The third-order valence-electron chi connectivity index (χ3n) is 5.08. The van der Waals surface area contributed by atoms with Crippen LogP contribution in [0.1, 0.15) is 43.0 Å². The molecular weight excluding hydrogens is 384 g/mol. The number of aryl methyl sites for hydroxylation is 2. The number of benzene rings is 2. The van der Waals surface area contributed by atoms with Crippen molar-refractivity contribution in [3.63, 3.8) is 0 Å². The molecular formula is C22H26N4O2S. The topological polar surface area (TPSA) is 73.8 Å². The van der Waals surface area contributed by atoms with Crippen LogP contribution in [0.3, 0.4) is 0 Å². The van der Waals surface area contributed by atoms with Crippen LogP contribution in [-0.2, 0) is 18.2 Å². The van der Waals surface area contributed by atoms with Crippen molar-refractivity contribution < 1.29 is 4.92 Å². The maximum absolute atomic E-state index is 10.8. The molecule has 0 saturated carbocycles. The summed E-state index contributed by atoms with van der Waals surface area (Å²) in [7, 11) is 1.92. The second-order valence-electron chi connectivity index (χ2n) is 8.30. The molecule has 0 spiro atoms. The molecule has 0 aliphatic rings. The lowest BCUT2D eigenvalue weighted by Crippen LogP contribution is -2.12. The Bertz CT molecular complexity index is 1030. The van der Waals surface area contributed by atoms with E-state index in [2.05, 4.69) is 56.9 Å².